The van der Waals surface area contributed by atoms with Crippen LogP contribution >= 0.6 is 0 Å². The van der Waals surface area contributed by atoms with Gasteiger partial charge in [0.2, 0.25) is 0 Å². The Labute approximate surface area is 142 Å². The second-order valence-electron chi connectivity index (χ2n) is 5.30. The zero-order valence-electron chi connectivity index (χ0n) is 14.2. The van der Waals surface area contributed by atoms with Crippen molar-refractivity contribution in [3.8, 4) is 11.5 Å². The number of methoxy groups -OCH3 is 1. The lowest BCUT2D eigenvalue weighted by atomic mass is 10.2. The van der Waals surface area contributed by atoms with Gasteiger partial charge >= 0.3 is 0 Å². The molecule has 0 aromatic heterocycles. The number of ether oxygens (including phenoxy) is 2. The molecule has 126 valence electrons. The molecule has 0 unspecified atom stereocenters. The van der Waals surface area contributed by atoms with E-state index in [-0.39, 0.29) is 12.0 Å². The molecular formula is C19H22N2O3. The van der Waals surface area contributed by atoms with Crippen molar-refractivity contribution in [2.75, 3.05) is 7.11 Å². The fraction of sp³-hybridized carbons (Fsp3) is 0.263. The maximum atomic E-state index is 12.0. The average Bonchev–Trinajstić information content (AvgIpc) is 2.63. The molecule has 1 N–H and O–H groups in total. The van der Waals surface area contributed by atoms with Gasteiger partial charge in [-0.05, 0) is 49.7 Å². The number of carbonyl (C=O) groups excluding carboxylic acids is 1. The number of nitrogens with zero attached hydrogens (tertiary/aromatic N) is 1. The summed E-state index contributed by atoms with van der Waals surface area (Å²) in [5, 5.41) is 4.02. The predicted octanol–water partition coefficient (Wildman–Crippen LogP) is 3.64. The second kappa shape index (κ2) is 8.72. The number of hydrazone groups is 1. The highest BCUT2D eigenvalue weighted by Gasteiger charge is 2.06. The maximum absolute atomic E-state index is 12.0. The van der Waals surface area contributed by atoms with Crippen LogP contribution < -0.4 is 14.9 Å². The first-order valence-electron chi connectivity index (χ1n) is 7.87. The van der Waals surface area contributed by atoms with Crippen LogP contribution in [0.5, 0.6) is 11.5 Å². The van der Waals surface area contributed by atoms with Crippen molar-refractivity contribution in [1.82, 2.24) is 5.43 Å². The molecule has 0 saturated heterocycles. The highest BCUT2D eigenvalue weighted by Crippen LogP contribution is 2.18. The summed E-state index contributed by atoms with van der Waals surface area (Å²) in [4.78, 5) is 12.0. The molecule has 0 saturated carbocycles. The Kier molecular flexibility index (Phi) is 6.37. The molecule has 24 heavy (non-hydrogen) atoms. The van der Waals surface area contributed by atoms with Gasteiger partial charge in [0.05, 0.1) is 19.4 Å². The van der Waals surface area contributed by atoms with E-state index in [1.807, 2.05) is 31.2 Å². The molecular weight excluding hydrogens is 304 g/mol. The van der Waals surface area contributed by atoms with E-state index in [0.29, 0.717) is 11.3 Å². The molecule has 1 atom stereocenters. The van der Waals surface area contributed by atoms with Crippen LogP contribution in [-0.2, 0) is 0 Å². The van der Waals surface area contributed by atoms with E-state index in [4.69, 9.17) is 9.47 Å². The topological polar surface area (TPSA) is 59.9 Å². The first kappa shape index (κ1) is 17.5. The molecule has 2 aromatic carbocycles. The number of nitrogens with one attached hydrogen (secondary N) is 1. The highest BCUT2D eigenvalue weighted by atomic mass is 16.5. The summed E-state index contributed by atoms with van der Waals surface area (Å²) in [6.45, 7) is 4.08. The first-order chi connectivity index (χ1) is 11.6. The van der Waals surface area contributed by atoms with Gasteiger partial charge in [0.15, 0.2) is 0 Å². The van der Waals surface area contributed by atoms with Crippen LogP contribution in [-0.4, -0.2) is 25.3 Å². The summed E-state index contributed by atoms with van der Waals surface area (Å²) >= 11 is 0. The molecule has 2 rings (SSSR count). The van der Waals surface area contributed by atoms with Gasteiger partial charge < -0.3 is 9.47 Å². The largest absolute Gasteiger partial charge is 0.497 e. The van der Waals surface area contributed by atoms with Gasteiger partial charge in [-0.25, -0.2) is 5.43 Å². The Balaban J connectivity index is 2.01. The van der Waals surface area contributed by atoms with E-state index < -0.39 is 0 Å². The number of rotatable bonds is 7. The lowest BCUT2D eigenvalue weighted by Gasteiger charge is -2.14. The average molecular weight is 326 g/mol. The van der Waals surface area contributed by atoms with Gasteiger partial charge in [-0.1, -0.05) is 19.1 Å². The third-order valence-electron chi connectivity index (χ3n) is 3.54. The Morgan fingerprint density at radius 1 is 1.21 bits per heavy atom. The minimum Gasteiger partial charge on any atom is -0.497 e. The first-order valence-corrected chi connectivity index (χ1v) is 7.87. The highest BCUT2D eigenvalue weighted by molar-refractivity contribution is 5.95. The van der Waals surface area contributed by atoms with Gasteiger partial charge in [0.25, 0.3) is 5.91 Å². The summed E-state index contributed by atoms with van der Waals surface area (Å²) in [5.41, 5.74) is 3.84. The van der Waals surface area contributed by atoms with Crippen LogP contribution in [0.2, 0.25) is 0 Å². The smallest absolute Gasteiger partial charge is 0.271 e. The Bertz CT molecular complexity index is 696. The van der Waals surface area contributed by atoms with E-state index in [1.165, 1.54) is 0 Å². The monoisotopic (exact) mass is 326 g/mol. The fourth-order valence-corrected chi connectivity index (χ4v) is 1.96. The minimum atomic E-state index is -0.283. The molecule has 1 amide bonds. The van der Waals surface area contributed by atoms with Crippen LogP contribution in [0.1, 0.15) is 36.2 Å². The number of carbonyl (C=O) groups is 1. The van der Waals surface area contributed by atoms with E-state index in [0.717, 1.165) is 17.7 Å². The van der Waals surface area contributed by atoms with Crippen molar-refractivity contribution < 1.29 is 14.3 Å². The number of hydrogen-bond acceptors (Lipinski definition) is 4. The van der Waals surface area contributed by atoms with Crippen LogP contribution in [0.3, 0.4) is 0 Å². The molecule has 2 aromatic rings. The van der Waals surface area contributed by atoms with Crippen LogP contribution in [0, 0.1) is 0 Å². The Morgan fingerprint density at radius 2 is 1.92 bits per heavy atom. The van der Waals surface area contributed by atoms with Gasteiger partial charge in [0.1, 0.15) is 11.5 Å². The molecule has 0 spiro atoms. The summed E-state index contributed by atoms with van der Waals surface area (Å²) in [5.74, 6) is 1.16. The van der Waals surface area contributed by atoms with Crippen LogP contribution in [0.25, 0.3) is 0 Å². The third-order valence-corrected chi connectivity index (χ3v) is 3.54. The zero-order chi connectivity index (χ0) is 17.4. The van der Waals surface area contributed by atoms with Gasteiger partial charge in [0, 0.05) is 11.1 Å². The van der Waals surface area contributed by atoms with Gasteiger partial charge in [-0.3, -0.25) is 4.79 Å². The zero-order valence-corrected chi connectivity index (χ0v) is 14.2. The van der Waals surface area contributed by atoms with Crippen molar-refractivity contribution in [1.29, 1.82) is 0 Å². The lowest BCUT2D eigenvalue weighted by Crippen LogP contribution is -2.17. The van der Waals surface area contributed by atoms with Crippen molar-refractivity contribution in [2.24, 2.45) is 5.10 Å². The van der Waals surface area contributed by atoms with Crippen molar-refractivity contribution in [3.05, 3.63) is 59.7 Å². The van der Waals surface area contributed by atoms with E-state index in [9.17, 15) is 4.79 Å². The van der Waals surface area contributed by atoms with Gasteiger partial charge in [-0.15, -0.1) is 0 Å². The predicted molar refractivity (Wildman–Crippen MR) is 94.9 cm³/mol. The molecule has 5 heteroatoms. The number of amides is 1. The normalized spacial score (nSPS) is 12.0. The summed E-state index contributed by atoms with van der Waals surface area (Å²) in [6, 6.07) is 14.4. The number of para-hydroxylation sites is 1. The van der Waals surface area contributed by atoms with Gasteiger partial charge in [-0.2, -0.15) is 5.10 Å². The van der Waals surface area contributed by atoms with Crippen LogP contribution in [0.15, 0.2) is 53.6 Å². The second-order valence-corrected chi connectivity index (χ2v) is 5.30. The molecule has 0 radical (unpaired) electrons. The minimum absolute atomic E-state index is 0.119. The fourth-order valence-electron chi connectivity index (χ4n) is 1.96. The third kappa shape index (κ3) is 4.84. The molecule has 0 fully saturated rings. The molecule has 0 aliphatic rings. The van der Waals surface area contributed by atoms with Crippen molar-refractivity contribution >= 4 is 12.1 Å². The summed E-state index contributed by atoms with van der Waals surface area (Å²) in [6.07, 6.45) is 2.62. The number of benzene rings is 2. The van der Waals surface area contributed by atoms with Crippen molar-refractivity contribution in [2.45, 2.75) is 26.4 Å². The number of hydrogen-bond donors (Lipinski definition) is 1. The van der Waals surface area contributed by atoms with E-state index in [1.54, 1.807) is 37.6 Å². The lowest BCUT2D eigenvalue weighted by molar-refractivity contribution is 0.0955. The maximum Gasteiger partial charge on any atom is 0.271 e. The molecule has 5 nitrogen and oxygen atoms in total. The quantitative estimate of drug-likeness (QED) is 0.624. The SMILES string of the molecule is CC[C@@H](C)Oc1ccccc1/C=N\NC(=O)c1ccc(OC)cc1. The molecule has 0 aliphatic carbocycles. The molecule has 0 heterocycles. The Hall–Kier alpha value is -2.82. The van der Waals surface area contributed by atoms with E-state index in [2.05, 4.69) is 17.5 Å². The van der Waals surface area contributed by atoms with Crippen LogP contribution in [0.4, 0.5) is 0 Å². The van der Waals surface area contributed by atoms with E-state index >= 15 is 0 Å². The standard InChI is InChI=1S/C19H22N2O3/c1-4-14(2)24-18-8-6-5-7-16(18)13-20-21-19(22)15-9-11-17(23-3)12-10-15/h5-14H,4H2,1-3H3,(H,21,22)/b20-13-/t14-/m1/s1. The summed E-state index contributed by atoms with van der Waals surface area (Å²) in [7, 11) is 1.58. The summed E-state index contributed by atoms with van der Waals surface area (Å²) < 4.78 is 10.9. The molecule has 0 bridgehead atoms. The van der Waals surface area contributed by atoms with Crippen molar-refractivity contribution in [3.63, 3.8) is 0 Å². The molecule has 0 aliphatic heterocycles. The Morgan fingerprint density at radius 3 is 2.58 bits per heavy atom.